The molecule has 0 aliphatic heterocycles. The van der Waals surface area contributed by atoms with E-state index in [0.29, 0.717) is 19.3 Å². The Bertz CT molecular complexity index is 859. The predicted octanol–water partition coefficient (Wildman–Crippen LogP) is 6.88. The standard InChI is InChI=1S/C31H49NO3/c1-3-5-7-9-11-12-16-26-20-21-27(29-18-15-14-17-28(26)29)22-23-31(24-33,25-34)32-30(35)19-13-10-8-6-4-2/h14-15,17-18,20-21,33-34H,3-13,16,19,22-25H2,1-2H3,(H,32,35). The van der Waals surface area contributed by atoms with Crippen LogP contribution >= 0.6 is 0 Å². The van der Waals surface area contributed by atoms with Crippen molar-refractivity contribution >= 4 is 16.7 Å². The summed E-state index contributed by atoms with van der Waals surface area (Å²) in [7, 11) is 0. The quantitative estimate of drug-likeness (QED) is 0.191. The van der Waals surface area contributed by atoms with E-state index in [1.54, 1.807) is 0 Å². The summed E-state index contributed by atoms with van der Waals surface area (Å²) in [5.74, 6) is -0.0799. The van der Waals surface area contributed by atoms with Gasteiger partial charge in [-0.05, 0) is 54.0 Å². The van der Waals surface area contributed by atoms with Gasteiger partial charge >= 0.3 is 0 Å². The largest absolute Gasteiger partial charge is 0.394 e. The smallest absolute Gasteiger partial charge is 0.220 e. The van der Waals surface area contributed by atoms with Crippen LogP contribution in [0.4, 0.5) is 0 Å². The maximum Gasteiger partial charge on any atom is 0.220 e. The Balaban J connectivity index is 1.99. The van der Waals surface area contributed by atoms with Gasteiger partial charge in [0.2, 0.25) is 5.91 Å². The molecule has 3 N–H and O–H groups in total. The van der Waals surface area contributed by atoms with Crippen molar-refractivity contribution in [3.05, 3.63) is 47.5 Å². The number of rotatable bonds is 19. The van der Waals surface area contributed by atoms with Gasteiger partial charge in [0.1, 0.15) is 0 Å². The molecule has 0 aliphatic rings. The normalized spacial score (nSPS) is 11.8. The summed E-state index contributed by atoms with van der Waals surface area (Å²) in [6.45, 7) is 3.90. The van der Waals surface area contributed by atoms with Gasteiger partial charge < -0.3 is 15.5 Å². The number of unbranched alkanes of at least 4 members (excludes halogenated alkanes) is 9. The van der Waals surface area contributed by atoms with Gasteiger partial charge in [-0.15, -0.1) is 0 Å². The van der Waals surface area contributed by atoms with E-state index in [-0.39, 0.29) is 19.1 Å². The number of benzene rings is 2. The average Bonchev–Trinajstić information content (AvgIpc) is 2.89. The average molecular weight is 484 g/mol. The number of carbonyl (C=O) groups excluding carboxylic acids is 1. The van der Waals surface area contributed by atoms with Gasteiger partial charge in [0.05, 0.1) is 18.8 Å². The van der Waals surface area contributed by atoms with Crippen molar-refractivity contribution in [1.29, 1.82) is 0 Å². The maximum absolute atomic E-state index is 12.5. The first-order valence-corrected chi connectivity index (χ1v) is 14.1. The highest BCUT2D eigenvalue weighted by atomic mass is 16.3. The van der Waals surface area contributed by atoms with Crippen LogP contribution in [0.2, 0.25) is 0 Å². The van der Waals surface area contributed by atoms with Crippen LogP contribution in [0.5, 0.6) is 0 Å². The highest BCUT2D eigenvalue weighted by Crippen LogP contribution is 2.27. The van der Waals surface area contributed by atoms with E-state index in [9.17, 15) is 15.0 Å². The molecule has 4 nitrogen and oxygen atoms in total. The molecule has 196 valence electrons. The van der Waals surface area contributed by atoms with Gasteiger partial charge in [0, 0.05) is 6.42 Å². The lowest BCUT2D eigenvalue weighted by Crippen LogP contribution is -2.54. The summed E-state index contributed by atoms with van der Waals surface area (Å²) in [5, 5.41) is 25.7. The van der Waals surface area contributed by atoms with Crippen molar-refractivity contribution in [3.63, 3.8) is 0 Å². The molecule has 0 heterocycles. The van der Waals surface area contributed by atoms with Gasteiger partial charge in [-0.2, -0.15) is 0 Å². The van der Waals surface area contributed by atoms with E-state index in [0.717, 1.165) is 25.7 Å². The molecule has 0 bridgehead atoms. The van der Waals surface area contributed by atoms with Gasteiger partial charge in [-0.25, -0.2) is 0 Å². The Morgan fingerprint density at radius 3 is 1.80 bits per heavy atom. The predicted molar refractivity (Wildman–Crippen MR) is 148 cm³/mol. The number of aryl methyl sites for hydroxylation is 2. The second-order valence-electron chi connectivity index (χ2n) is 10.3. The summed E-state index contributed by atoms with van der Waals surface area (Å²) < 4.78 is 0. The molecule has 0 saturated heterocycles. The highest BCUT2D eigenvalue weighted by molar-refractivity contribution is 5.88. The Kier molecular flexibility index (Phi) is 14.0. The molecule has 0 unspecified atom stereocenters. The zero-order valence-corrected chi connectivity index (χ0v) is 22.3. The summed E-state index contributed by atoms with van der Waals surface area (Å²) in [5.41, 5.74) is 1.61. The minimum Gasteiger partial charge on any atom is -0.394 e. The Morgan fingerprint density at radius 2 is 1.23 bits per heavy atom. The third-order valence-corrected chi connectivity index (χ3v) is 7.29. The number of aliphatic hydroxyl groups is 2. The van der Waals surface area contributed by atoms with Gasteiger partial charge in [0.15, 0.2) is 0 Å². The molecule has 0 saturated carbocycles. The molecule has 0 fully saturated rings. The van der Waals surface area contributed by atoms with E-state index < -0.39 is 5.54 Å². The van der Waals surface area contributed by atoms with E-state index in [2.05, 4.69) is 55.6 Å². The number of amides is 1. The Labute approximate surface area is 213 Å². The number of fused-ring (bicyclic) bond motifs is 1. The summed E-state index contributed by atoms with van der Waals surface area (Å²) in [4.78, 5) is 12.5. The van der Waals surface area contributed by atoms with Crippen molar-refractivity contribution in [2.24, 2.45) is 0 Å². The lowest BCUT2D eigenvalue weighted by Gasteiger charge is -2.31. The third-order valence-electron chi connectivity index (χ3n) is 7.29. The fourth-order valence-electron chi connectivity index (χ4n) is 4.93. The highest BCUT2D eigenvalue weighted by Gasteiger charge is 2.30. The summed E-state index contributed by atoms with van der Waals surface area (Å²) >= 11 is 0. The fraction of sp³-hybridized carbons (Fsp3) is 0.645. The van der Waals surface area contributed by atoms with Crippen LogP contribution in [0.25, 0.3) is 10.8 Å². The topological polar surface area (TPSA) is 69.6 Å². The first kappa shape index (κ1) is 29.3. The molecule has 0 spiro atoms. The lowest BCUT2D eigenvalue weighted by molar-refractivity contribution is -0.124. The SMILES string of the molecule is CCCCCCCCc1ccc(CCC(CO)(CO)NC(=O)CCCCCCC)c2ccccc12. The number of aliphatic hydroxyl groups excluding tert-OH is 2. The molecular weight excluding hydrogens is 434 g/mol. The van der Waals surface area contributed by atoms with Crippen molar-refractivity contribution in [1.82, 2.24) is 5.32 Å². The maximum atomic E-state index is 12.5. The molecular formula is C31H49NO3. The van der Waals surface area contributed by atoms with Crippen LogP contribution in [-0.2, 0) is 17.6 Å². The third kappa shape index (κ3) is 9.93. The van der Waals surface area contributed by atoms with E-state index in [1.807, 2.05) is 0 Å². The molecule has 4 heteroatoms. The van der Waals surface area contributed by atoms with Crippen LogP contribution in [0.15, 0.2) is 36.4 Å². The second-order valence-corrected chi connectivity index (χ2v) is 10.3. The van der Waals surface area contributed by atoms with Crippen LogP contribution in [0, 0.1) is 0 Å². The van der Waals surface area contributed by atoms with E-state index >= 15 is 0 Å². The number of hydrogen-bond donors (Lipinski definition) is 3. The van der Waals surface area contributed by atoms with Gasteiger partial charge in [-0.1, -0.05) is 108 Å². The lowest BCUT2D eigenvalue weighted by atomic mass is 9.89. The molecule has 0 aromatic heterocycles. The first-order valence-electron chi connectivity index (χ1n) is 14.1. The first-order chi connectivity index (χ1) is 17.1. The summed E-state index contributed by atoms with van der Waals surface area (Å²) in [6, 6.07) is 13.0. The molecule has 1 amide bonds. The van der Waals surface area contributed by atoms with Crippen molar-refractivity contribution in [2.75, 3.05) is 13.2 Å². The minimum absolute atomic E-state index is 0.0799. The van der Waals surface area contributed by atoms with Crippen LogP contribution in [0.3, 0.4) is 0 Å². The molecule has 0 radical (unpaired) electrons. The van der Waals surface area contributed by atoms with Crippen LogP contribution < -0.4 is 5.32 Å². The molecule has 2 rings (SSSR count). The zero-order chi connectivity index (χ0) is 25.4. The Hall–Kier alpha value is -1.91. The molecule has 0 atom stereocenters. The van der Waals surface area contributed by atoms with Crippen molar-refractivity contribution < 1.29 is 15.0 Å². The Morgan fingerprint density at radius 1 is 0.714 bits per heavy atom. The van der Waals surface area contributed by atoms with E-state index in [4.69, 9.17) is 0 Å². The molecule has 0 aliphatic carbocycles. The molecule has 2 aromatic rings. The zero-order valence-electron chi connectivity index (χ0n) is 22.3. The van der Waals surface area contributed by atoms with Gasteiger partial charge in [0.25, 0.3) is 0 Å². The van der Waals surface area contributed by atoms with E-state index in [1.165, 1.54) is 73.3 Å². The minimum atomic E-state index is -0.987. The monoisotopic (exact) mass is 483 g/mol. The second kappa shape index (κ2) is 16.7. The summed E-state index contributed by atoms with van der Waals surface area (Å²) in [6.07, 6.45) is 15.9. The molecule has 2 aromatic carbocycles. The fourth-order valence-corrected chi connectivity index (χ4v) is 4.93. The van der Waals surface area contributed by atoms with Gasteiger partial charge in [-0.3, -0.25) is 4.79 Å². The van der Waals surface area contributed by atoms with Crippen LogP contribution in [0.1, 0.15) is 108 Å². The number of nitrogens with one attached hydrogen (secondary N) is 1. The molecule has 35 heavy (non-hydrogen) atoms. The number of carbonyl (C=O) groups is 1. The van der Waals surface area contributed by atoms with Crippen molar-refractivity contribution in [3.8, 4) is 0 Å². The number of hydrogen-bond acceptors (Lipinski definition) is 3. The van der Waals surface area contributed by atoms with Crippen LogP contribution in [-0.4, -0.2) is 34.9 Å². The van der Waals surface area contributed by atoms with Crippen molar-refractivity contribution in [2.45, 2.75) is 116 Å².